The zero-order valence-corrected chi connectivity index (χ0v) is 19.0. The largest absolute Gasteiger partial charge is 0.368 e. The molecule has 160 valence electrons. The van der Waals surface area contributed by atoms with Crippen molar-refractivity contribution in [2.45, 2.75) is 38.5 Å². The third-order valence-corrected chi connectivity index (χ3v) is 7.86. The van der Waals surface area contributed by atoms with Crippen LogP contribution in [0.2, 0.25) is 0 Å². The smallest absolute Gasteiger partial charge is 0.268 e. The molecule has 2 aromatic carbocycles. The normalized spacial score (nSPS) is 15.8. The molecule has 30 heavy (non-hydrogen) atoms. The minimum Gasteiger partial charge on any atom is -0.368 e. The molecule has 0 atom stereocenters. The highest BCUT2D eigenvalue weighted by molar-refractivity contribution is 7.90. The van der Waals surface area contributed by atoms with Gasteiger partial charge in [0.2, 0.25) is 0 Å². The standard InChI is InChI=1S/C24H31N3O2S/c1-4-7-20-18-22-23(26-16-14-25(5-2)15-17-26)8-6-9-24(22)27(20)30(28,29)21-12-10-19(3)11-13-21/h6,8-13,18H,4-5,7,14-17H2,1-3H3. The van der Waals surface area contributed by atoms with Crippen molar-refractivity contribution in [3.8, 4) is 0 Å². The Hall–Kier alpha value is -2.31. The molecule has 2 heterocycles. The Balaban J connectivity index is 1.84. The van der Waals surface area contributed by atoms with Gasteiger partial charge < -0.3 is 9.80 Å². The molecule has 4 rings (SSSR count). The first-order chi connectivity index (χ1) is 14.5. The summed E-state index contributed by atoms with van der Waals surface area (Å²) in [5, 5.41) is 1.03. The van der Waals surface area contributed by atoms with E-state index in [4.69, 9.17) is 0 Å². The molecular formula is C24H31N3O2S. The van der Waals surface area contributed by atoms with Crippen LogP contribution in [-0.2, 0) is 16.4 Å². The highest BCUT2D eigenvalue weighted by Gasteiger charge is 2.25. The Morgan fingerprint density at radius 1 is 0.933 bits per heavy atom. The number of aromatic nitrogens is 1. The lowest BCUT2D eigenvalue weighted by atomic mass is 10.1. The van der Waals surface area contributed by atoms with Gasteiger partial charge in [0.15, 0.2) is 0 Å². The van der Waals surface area contributed by atoms with E-state index >= 15 is 0 Å². The van der Waals surface area contributed by atoms with E-state index in [1.807, 2.05) is 31.2 Å². The number of anilines is 1. The minimum atomic E-state index is -3.66. The lowest BCUT2D eigenvalue weighted by molar-refractivity contribution is 0.271. The fourth-order valence-electron chi connectivity index (χ4n) is 4.36. The average molecular weight is 426 g/mol. The average Bonchev–Trinajstić information content (AvgIpc) is 3.13. The van der Waals surface area contributed by atoms with Crippen molar-refractivity contribution in [3.05, 3.63) is 59.8 Å². The van der Waals surface area contributed by atoms with E-state index in [1.165, 1.54) is 0 Å². The third kappa shape index (κ3) is 3.74. The summed E-state index contributed by atoms with van der Waals surface area (Å²) >= 11 is 0. The molecule has 5 nitrogen and oxygen atoms in total. The summed E-state index contributed by atoms with van der Waals surface area (Å²) in [5.41, 5.74) is 3.81. The van der Waals surface area contributed by atoms with Gasteiger partial charge in [-0.1, -0.05) is 44.0 Å². The molecule has 3 aromatic rings. The molecule has 6 heteroatoms. The molecule has 0 radical (unpaired) electrons. The Morgan fingerprint density at radius 3 is 2.27 bits per heavy atom. The monoisotopic (exact) mass is 425 g/mol. The van der Waals surface area contributed by atoms with E-state index in [0.29, 0.717) is 4.90 Å². The molecular weight excluding hydrogens is 394 g/mol. The zero-order chi connectivity index (χ0) is 21.3. The SMILES string of the molecule is CCCc1cc2c(N3CCN(CC)CC3)cccc2n1S(=O)(=O)c1ccc(C)cc1. The van der Waals surface area contributed by atoms with Crippen molar-refractivity contribution in [3.63, 3.8) is 0 Å². The quantitative estimate of drug-likeness (QED) is 0.591. The van der Waals surface area contributed by atoms with Crippen LogP contribution in [-0.4, -0.2) is 50.0 Å². The van der Waals surface area contributed by atoms with Crippen LogP contribution in [0.3, 0.4) is 0 Å². The van der Waals surface area contributed by atoms with E-state index in [0.717, 1.165) is 73.4 Å². The van der Waals surface area contributed by atoms with Gasteiger partial charge in [-0.25, -0.2) is 12.4 Å². The Kier molecular flexibility index (Phi) is 5.89. The van der Waals surface area contributed by atoms with Crippen molar-refractivity contribution in [2.75, 3.05) is 37.6 Å². The number of piperazine rings is 1. The summed E-state index contributed by atoms with van der Waals surface area (Å²) in [7, 11) is -3.66. The second-order valence-electron chi connectivity index (χ2n) is 8.10. The predicted octanol–water partition coefficient (Wildman–Crippen LogP) is 4.28. The summed E-state index contributed by atoms with van der Waals surface area (Å²) < 4.78 is 28.8. The van der Waals surface area contributed by atoms with Gasteiger partial charge in [0.05, 0.1) is 10.4 Å². The lowest BCUT2D eigenvalue weighted by Gasteiger charge is -2.35. The second kappa shape index (κ2) is 8.44. The molecule has 1 aliphatic heterocycles. The molecule has 1 fully saturated rings. The van der Waals surface area contributed by atoms with E-state index < -0.39 is 10.0 Å². The van der Waals surface area contributed by atoms with Crippen molar-refractivity contribution < 1.29 is 8.42 Å². The number of fused-ring (bicyclic) bond motifs is 1. The van der Waals surface area contributed by atoms with Gasteiger partial charge in [-0.05, 0) is 50.2 Å². The molecule has 0 spiro atoms. The van der Waals surface area contributed by atoms with Gasteiger partial charge in [-0.15, -0.1) is 0 Å². The number of nitrogens with zero attached hydrogens (tertiary/aromatic N) is 3. The fraction of sp³-hybridized carbons (Fsp3) is 0.417. The number of hydrogen-bond donors (Lipinski definition) is 0. The third-order valence-electron chi connectivity index (χ3n) is 6.08. The first-order valence-corrected chi connectivity index (χ1v) is 12.3. The van der Waals surface area contributed by atoms with E-state index in [-0.39, 0.29) is 0 Å². The summed E-state index contributed by atoms with van der Waals surface area (Å²) in [4.78, 5) is 5.18. The van der Waals surface area contributed by atoms with Crippen molar-refractivity contribution in [1.29, 1.82) is 0 Å². The molecule has 0 bridgehead atoms. The van der Waals surface area contributed by atoms with E-state index in [2.05, 4.69) is 35.8 Å². The maximum atomic E-state index is 13.6. The van der Waals surface area contributed by atoms with Crippen LogP contribution in [0.1, 0.15) is 31.5 Å². The van der Waals surface area contributed by atoms with Gasteiger partial charge in [0.25, 0.3) is 10.0 Å². The molecule has 0 amide bonds. The van der Waals surface area contributed by atoms with E-state index in [9.17, 15) is 8.42 Å². The fourth-order valence-corrected chi connectivity index (χ4v) is 5.92. The van der Waals surface area contributed by atoms with Gasteiger partial charge >= 0.3 is 0 Å². The number of aryl methyl sites for hydroxylation is 2. The number of likely N-dealkylation sites (N-methyl/N-ethyl adjacent to an activating group) is 1. The molecule has 0 aliphatic carbocycles. The molecule has 1 aliphatic rings. The van der Waals surface area contributed by atoms with Gasteiger partial charge in [0.1, 0.15) is 0 Å². The molecule has 0 saturated carbocycles. The summed E-state index contributed by atoms with van der Waals surface area (Å²) in [6.07, 6.45) is 1.62. The maximum absolute atomic E-state index is 13.6. The van der Waals surface area contributed by atoms with Gasteiger partial charge in [0, 0.05) is 42.9 Å². The summed E-state index contributed by atoms with van der Waals surface area (Å²) in [5.74, 6) is 0. The van der Waals surface area contributed by atoms with Gasteiger partial charge in [-0.2, -0.15) is 0 Å². The Morgan fingerprint density at radius 2 is 1.63 bits per heavy atom. The minimum absolute atomic E-state index is 0.338. The highest BCUT2D eigenvalue weighted by Crippen LogP contribution is 2.33. The van der Waals surface area contributed by atoms with Crippen LogP contribution in [0.5, 0.6) is 0 Å². The Labute approximate surface area is 180 Å². The molecule has 1 aromatic heterocycles. The topological polar surface area (TPSA) is 45.5 Å². The van der Waals surface area contributed by atoms with Crippen molar-refractivity contribution in [2.24, 2.45) is 0 Å². The van der Waals surface area contributed by atoms with Crippen molar-refractivity contribution in [1.82, 2.24) is 8.87 Å². The van der Waals surface area contributed by atoms with Crippen LogP contribution >= 0.6 is 0 Å². The van der Waals surface area contributed by atoms with Crippen LogP contribution in [0, 0.1) is 6.92 Å². The van der Waals surface area contributed by atoms with Crippen LogP contribution in [0.15, 0.2) is 53.4 Å². The van der Waals surface area contributed by atoms with E-state index in [1.54, 1.807) is 16.1 Å². The van der Waals surface area contributed by atoms with Crippen LogP contribution in [0.25, 0.3) is 10.9 Å². The lowest BCUT2D eigenvalue weighted by Crippen LogP contribution is -2.46. The molecule has 0 N–H and O–H groups in total. The number of hydrogen-bond acceptors (Lipinski definition) is 4. The first-order valence-electron chi connectivity index (χ1n) is 10.9. The second-order valence-corrected chi connectivity index (χ2v) is 9.89. The first kappa shape index (κ1) is 20.9. The summed E-state index contributed by atoms with van der Waals surface area (Å²) in [6.45, 7) is 11.3. The van der Waals surface area contributed by atoms with Crippen LogP contribution in [0.4, 0.5) is 5.69 Å². The van der Waals surface area contributed by atoms with Crippen LogP contribution < -0.4 is 4.90 Å². The maximum Gasteiger partial charge on any atom is 0.268 e. The van der Waals surface area contributed by atoms with Crippen molar-refractivity contribution >= 4 is 26.6 Å². The predicted molar refractivity (Wildman–Crippen MR) is 124 cm³/mol. The molecule has 1 saturated heterocycles. The summed E-state index contributed by atoms with van der Waals surface area (Å²) in [6, 6.07) is 15.3. The molecule has 0 unspecified atom stereocenters. The zero-order valence-electron chi connectivity index (χ0n) is 18.1. The highest BCUT2D eigenvalue weighted by atomic mass is 32.2. The van der Waals surface area contributed by atoms with Gasteiger partial charge in [-0.3, -0.25) is 0 Å². The number of rotatable bonds is 6. The number of benzene rings is 2. The Bertz CT molecular complexity index is 1130.